The van der Waals surface area contributed by atoms with E-state index in [4.69, 9.17) is 0 Å². The van der Waals surface area contributed by atoms with Crippen molar-refractivity contribution in [3.8, 4) is 0 Å². The lowest BCUT2D eigenvalue weighted by atomic mass is 9.91. The fraction of sp³-hybridized carbons (Fsp3) is 0.333. The SMILES string of the molecule is Cc1ccc(C(=O)N2CC[C@@H](C)c3ccccc32)c(C)n1. The van der Waals surface area contributed by atoms with Crippen molar-refractivity contribution in [2.45, 2.75) is 33.1 Å². The van der Waals surface area contributed by atoms with Gasteiger partial charge in [-0.05, 0) is 49.9 Å². The molecule has 0 bridgehead atoms. The van der Waals surface area contributed by atoms with E-state index in [0.29, 0.717) is 11.5 Å². The molecule has 1 aliphatic rings. The summed E-state index contributed by atoms with van der Waals surface area (Å²) < 4.78 is 0. The summed E-state index contributed by atoms with van der Waals surface area (Å²) in [4.78, 5) is 19.2. The number of aromatic nitrogens is 1. The highest BCUT2D eigenvalue weighted by Gasteiger charge is 2.27. The van der Waals surface area contributed by atoms with Crippen LogP contribution in [0.1, 0.15) is 46.6 Å². The summed E-state index contributed by atoms with van der Waals surface area (Å²) in [5, 5.41) is 0. The number of hydrogen-bond acceptors (Lipinski definition) is 2. The first kappa shape index (κ1) is 13.8. The normalized spacial score (nSPS) is 17.5. The Kier molecular flexibility index (Phi) is 3.50. The molecule has 1 amide bonds. The number of carbonyl (C=O) groups is 1. The maximum atomic E-state index is 12.9. The number of para-hydroxylation sites is 1. The molecule has 0 saturated carbocycles. The van der Waals surface area contributed by atoms with E-state index < -0.39 is 0 Å². The van der Waals surface area contributed by atoms with Gasteiger partial charge in [0.15, 0.2) is 0 Å². The molecule has 2 aromatic rings. The number of hydrogen-bond donors (Lipinski definition) is 0. The summed E-state index contributed by atoms with van der Waals surface area (Å²) in [6.07, 6.45) is 1.00. The van der Waals surface area contributed by atoms with Crippen LogP contribution in [0.3, 0.4) is 0 Å². The molecule has 3 heteroatoms. The molecule has 0 saturated heterocycles. The van der Waals surface area contributed by atoms with E-state index in [0.717, 1.165) is 30.0 Å². The number of anilines is 1. The van der Waals surface area contributed by atoms with Crippen molar-refractivity contribution in [3.63, 3.8) is 0 Å². The van der Waals surface area contributed by atoms with Gasteiger partial charge in [0.05, 0.1) is 11.3 Å². The molecule has 3 nitrogen and oxygen atoms in total. The molecule has 108 valence electrons. The fourth-order valence-electron chi connectivity index (χ4n) is 3.02. The number of pyridine rings is 1. The third-order valence-electron chi connectivity index (χ3n) is 4.24. The zero-order chi connectivity index (χ0) is 15.0. The van der Waals surface area contributed by atoms with Gasteiger partial charge >= 0.3 is 0 Å². The quantitative estimate of drug-likeness (QED) is 0.795. The van der Waals surface area contributed by atoms with E-state index in [1.165, 1.54) is 5.56 Å². The second-order valence-corrected chi connectivity index (χ2v) is 5.79. The average Bonchev–Trinajstić information content (AvgIpc) is 2.47. The Labute approximate surface area is 125 Å². The minimum absolute atomic E-state index is 0.0550. The topological polar surface area (TPSA) is 33.2 Å². The van der Waals surface area contributed by atoms with Gasteiger partial charge in [-0.3, -0.25) is 9.78 Å². The summed E-state index contributed by atoms with van der Waals surface area (Å²) in [6.45, 7) is 6.83. The van der Waals surface area contributed by atoms with Gasteiger partial charge in [-0.1, -0.05) is 25.1 Å². The molecule has 0 fully saturated rings. The lowest BCUT2D eigenvalue weighted by molar-refractivity contribution is 0.0983. The van der Waals surface area contributed by atoms with Crippen LogP contribution in [0.25, 0.3) is 0 Å². The number of amides is 1. The van der Waals surface area contributed by atoms with Crippen molar-refractivity contribution in [2.75, 3.05) is 11.4 Å². The Morgan fingerprint density at radius 3 is 2.71 bits per heavy atom. The Balaban J connectivity index is 2.01. The molecule has 0 spiro atoms. The van der Waals surface area contributed by atoms with E-state index >= 15 is 0 Å². The lowest BCUT2D eigenvalue weighted by Gasteiger charge is -2.33. The van der Waals surface area contributed by atoms with E-state index in [9.17, 15) is 4.79 Å². The van der Waals surface area contributed by atoms with Crippen molar-refractivity contribution < 1.29 is 4.79 Å². The van der Waals surface area contributed by atoms with E-state index in [-0.39, 0.29) is 5.91 Å². The van der Waals surface area contributed by atoms with Gasteiger partial charge in [0.1, 0.15) is 0 Å². The third kappa shape index (κ3) is 2.44. The van der Waals surface area contributed by atoms with Crippen LogP contribution >= 0.6 is 0 Å². The van der Waals surface area contributed by atoms with E-state index in [1.54, 1.807) is 0 Å². The lowest BCUT2D eigenvalue weighted by Crippen LogP contribution is -2.36. The number of rotatable bonds is 1. The van der Waals surface area contributed by atoms with E-state index in [1.807, 2.05) is 49.1 Å². The minimum Gasteiger partial charge on any atom is -0.308 e. The first-order chi connectivity index (χ1) is 10.1. The number of aryl methyl sites for hydroxylation is 2. The van der Waals surface area contributed by atoms with Gasteiger partial charge in [-0.2, -0.15) is 0 Å². The second-order valence-electron chi connectivity index (χ2n) is 5.79. The highest BCUT2D eigenvalue weighted by Crippen LogP contribution is 2.35. The van der Waals surface area contributed by atoms with Gasteiger partial charge in [0.25, 0.3) is 5.91 Å². The zero-order valence-electron chi connectivity index (χ0n) is 12.8. The molecule has 2 heterocycles. The molecule has 1 aromatic carbocycles. The fourth-order valence-corrected chi connectivity index (χ4v) is 3.02. The molecule has 1 aliphatic heterocycles. The number of fused-ring (bicyclic) bond motifs is 1. The van der Waals surface area contributed by atoms with Gasteiger partial charge in [-0.25, -0.2) is 0 Å². The van der Waals surface area contributed by atoms with Gasteiger partial charge in [0.2, 0.25) is 0 Å². The van der Waals surface area contributed by atoms with Crippen LogP contribution in [-0.4, -0.2) is 17.4 Å². The average molecular weight is 280 g/mol. The molecule has 21 heavy (non-hydrogen) atoms. The summed E-state index contributed by atoms with van der Waals surface area (Å²) in [5.74, 6) is 0.557. The summed E-state index contributed by atoms with van der Waals surface area (Å²) in [6, 6.07) is 12.0. The van der Waals surface area contributed by atoms with Crippen LogP contribution in [-0.2, 0) is 0 Å². The van der Waals surface area contributed by atoms with Crippen molar-refractivity contribution in [2.24, 2.45) is 0 Å². The van der Waals surface area contributed by atoms with Crippen molar-refractivity contribution in [1.29, 1.82) is 0 Å². The van der Waals surface area contributed by atoms with Crippen LogP contribution in [0, 0.1) is 13.8 Å². The predicted octanol–water partition coefficient (Wildman–Crippen LogP) is 3.85. The molecule has 0 N–H and O–H groups in total. The smallest absolute Gasteiger partial charge is 0.260 e. The van der Waals surface area contributed by atoms with Crippen LogP contribution in [0.4, 0.5) is 5.69 Å². The minimum atomic E-state index is 0.0550. The van der Waals surface area contributed by atoms with Crippen LogP contribution in [0.15, 0.2) is 36.4 Å². The standard InChI is InChI=1S/C18H20N2O/c1-12-10-11-20(17-7-5-4-6-15(12)17)18(21)16-9-8-13(2)19-14(16)3/h4-9,12H,10-11H2,1-3H3/t12-/m1/s1. The van der Waals surface area contributed by atoms with Gasteiger partial charge in [-0.15, -0.1) is 0 Å². The Hall–Kier alpha value is -2.16. The highest BCUT2D eigenvalue weighted by atomic mass is 16.2. The molecule has 1 atom stereocenters. The molecule has 0 aliphatic carbocycles. The van der Waals surface area contributed by atoms with Crippen molar-refractivity contribution >= 4 is 11.6 Å². The van der Waals surface area contributed by atoms with Crippen molar-refractivity contribution in [1.82, 2.24) is 4.98 Å². The van der Waals surface area contributed by atoms with Crippen molar-refractivity contribution in [3.05, 3.63) is 58.9 Å². The summed E-state index contributed by atoms with van der Waals surface area (Å²) in [5.41, 5.74) is 4.74. The Bertz CT molecular complexity index is 693. The van der Waals surface area contributed by atoms with Gasteiger partial charge in [0, 0.05) is 17.9 Å². The first-order valence-electron chi connectivity index (χ1n) is 7.43. The number of benzene rings is 1. The molecule has 0 unspecified atom stereocenters. The van der Waals surface area contributed by atoms with Gasteiger partial charge < -0.3 is 4.90 Å². The zero-order valence-corrected chi connectivity index (χ0v) is 12.8. The molecule has 1 aromatic heterocycles. The van der Waals surface area contributed by atoms with Crippen LogP contribution in [0.5, 0.6) is 0 Å². The second kappa shape index (κ2) is 5.32. The molecular formula is C18H20N2O. The first-order valence-corrected chi connectivity index (χ1v) is 7.43. The number of carbonyl (C=O) groups excluding carboxylic acids is 1. The monoisotopic (exact) mass is 280 g/mol. The van der Waals surface area contributed by atoms with Crippen LogP contribution < -0.4 is 4.90 Å². The Morgan fingerprint density at radius 1 is 1.19 bits per heavy atom. The highest BCUT2D eigenvalue weighted by molar-refractivity contribution is 6.07. The van der Waals surface area contributed by atoms with E-state index in [2.05, 4.69) is 18.0 Å². The maximum absolute atomic E-state index is 12.9. The molecule has 0 radical (unpaired) electrons. The summed E-state index contributed by atoms with van der Waals surface area (Å²) in [7, 11) is 0. The third-order valence-corrected chi connectivity index (χ3v) is 4.24. The largest absolute Gasteiger partial charge is 0.308 e. The maximum Gasteiger partial charge on any atom is 0.260 e. The Morgan fingerprint density at radius 2 is 1.95 bits per heavy atom. The number of nitrogens with zero attached hydrogens (tertiary/aromatic N) is 2. The summed E-state index contributed by atoms with van der Waals surface area (Å²) >= 11 is 0. The van der Waals surface area contributed by atoms with Crippen LogP contribution in [0.2, 0.25) is 0 Å². The predicted molar refractivity (Wildman–Crippen MR) is 84.9 cm³/mol. The molecular weight excluding hydrogens is 260 g/mol. The molecule has 3 rings (SSSR count).